The normalized spacial score (nSPS) is 29.4. The van der Waals surface area contributed by atoms with Crippen molar-refractivity contribution < 1.29 is 60.1 Å². The topological polar surface area (TPSA) is 197 Å². The second-order valence-corrected chi connectivity index (χ2v) is 19.8. The Morgan fingerprint density at radius 3 is 2.44 bits per heavy atom. The SMILES string of the molecule is COc1ccc2c(O[C@@H]3C[C@H]4C(=O)N[C@]5(C(=O)NS(=O)(=O)C6CC6)C[C@H]5/C=C\CC[C@@H](C)C[C@@H](C)[C@H](N(C(=O)O)C(C)(C)C(F)(F)F)C(=O)N4C3)nc(N3CCOCC3)cc2c1. The van der Waals surface area contributed by atoms with Crippen LogP contribution in [0, 0.1) is 17.8 Å². The van der Waals surface area contributed by atoms with Gasteiger partial charge in [-0.2, -0.15) is 18.2 Å². The molecule has 2 saturated carbocycles. The van der Waals surface area contributed by atoms with Gasteiger partial charge in [0.05, 0.1) is 32.1 Å². The summed E-state index contributed by atoms with van der Waals surface area (Å²) >= 11 is 0. The van der Waals surface area contributed by atoms with Crippen LogP contribution in [0.5, 0.6) is 11.6 Å². The summed E-state index contributed by atoms with van der Waals surface area (Å²) in [6.45, 7) is 6.42. The number of nitrogens with zero attached hydrogens (tertiary/aromatic N) is 4. The van der Waals surface area contributed by atoms with Gasteiger partial charge in [-0.3, -0.25) is 24.0 Å². The van der Waals surface area contributed by atoms with Gasteiger partial charge in [0, 0.05) is 30.8 Å². The largest absolute Gasteiger partial charge is 0.497 e. The minimum absolute atomic E-state index is 0.0529. The third-order valence-corrected chi connectivity index (χ3v) is 14.8. The number of hydrogen-bond donors (Lipinski definition) is 3. The zero-order valence-corrected chi connectivity index (χ0v) is 36.3. The predicted molar refractivity (Wildman–Crippen MR) is 220 cm³/mol. The molecule has 1 aromatic heterocycles. The second-order valence-electron chi connectivity index (χ2n) is 17.9. The Balaban J connectivity index is 1.30. The number of methoxy groups -OCH3 is 1. The molecule has 62 heavy (non-hydrogen) atoms. The molecule has 20 heteroatoms. The van der Waals surface area contributed by atoms with Crippen molar-refractivity contribution in [1.29, 1.82) is 0 Å². The summed E-state index contributed by atoms with van der Waals surface area (Å²) in [4.78, 5) is 64.9. The predicted octanol–water partition coefficient (Wildman–Crippen LogP) is 4.61. The van der Waals surface area contributed by atoms with Gasteiger partial charge in [0.25, 0.3) is 5.91 Å². The Morgan fingerprint density at radius 1 is 1.08 bits per heavy atom. The van der Waals surface area contributed by atoms with E-state index in [1.807, 2.05) is 24.0 Å². The number of anilines is 1. The molecule has 7 rings (SSSR count). The molecule has 7 atom stereocenters. The van der Waals surface area contributed by atoms with Crippen molar-refractivity contribution in [2.75, 3.05) is 44.9 Å². The number of pyridine rings is 1. The van der Waals surface area contributed by atoms with Gasteiger partial charge in [0.2, 0.25) is 27.7 Å². The number of rotatable bonds is 9. The van der Waals surface area contributed by atoms with Crippen LogP contribution >= 0.6 is 0 Å². The highest BCUT2D eigenvalue weighted by atomic mass is 32.2. The number of alkyl halides is 3. The number of morpholine rings is 1. The summed E-state index contributed by atoms with van der Waals surface area (Å²) in [6.07, 6.45) is -2.81. The number of fused-ring (bicyclic) bond motifs is 3. The van der Waals surface area contributed by atoms with Crippen molar-refractivity contribution in [3.63, 3.8) is 0 Å². The molecule has 0 unspecified atom stereocenters. The summed E-state index contributed by atoms with van der Waals surface area (Å²) in [5, 5.41) is 13.8. The molecule has 1 aromatic carbocycles. The second kappa shape index (κ2) is 17.0. The van der Waals surface area contributed by atoms with E-state index >= 15 is 4.79 Å². The number of carbonyl (C=O) groups is 4. The fourth-order valence-electron chi connectivity index (χ4n) is 9.00. The van der Waals surface area contributed by atoms with Gasteiger partial charge in [-0.1, -0.05) is 26.0 Å². The molecular weight excluding hydrogens is 838 g/mol. The average Bonchev–Trinajstić information content (AvgIpc) is 4.14. The summed E-state index contributed by atoms with van der Waals surface area (Å²) in [7, 11) is -2.51. The van der Waals surface area contributed by atoms with Gasteiger partial charge < -0.3 is 34.4 Å². The van der Waals surface area contributed by atoms with Gasteiger partial charge in [0.15, 0.2) is 0 Å². The van der Waals surface area contributed by atoms with E-state index in [2.05, 4.69) is 10.0 Å². The molecule has 3 aliphatic heterocycles. The molecule has 0 bridgehead atoms. The fraction of sp³-hybridized carbons (Fsp3) is 0.643. The summed E-state index contributed by atoms with van der Waals surface area (Å²) in [5.41, 5.74) is -4.76. The van der Waals surface area contributed by atoms with Crippen LogP contribution in [-0.4, -0.2) is 133 Å². The van der Waals surface area contributed by atoms with Crippen LogP contribution in [0.1, 0.15) is 72.6 Å². The van der Waals surface area contributed by atoms with Crippen molar-refractivity contribution in [3.05, 3.63) is 36.4 Å². The monoisotopic (exact) mass is 892 g/mol. The van der Waals surface area contributed by atoms with E-state index in [1.54, 1.807) is 24.3 Å². The molecule has 4 fully saturated rings. The molecule has 4 amide bonds. The van der Waals surface area contributed by atoms with Gasteiger partial charge in [0.1, 0.15) is 40.8 Å². The van der Waals surface area contributed by atoms with Crippen LogP contribution in [0.3, 0.4) is 0 Å². The minimum atomic E-state index is -5.10. The van der Waals surface area contributed by atoms with E-state index in [-0.39, 0.29) is 42.5 Å². The lowest BCUT2D eigenvalue weighted by Gasteiger charge is -2.45. The third-order valence-electron chi connectivity index (χ3n) is 13.0. The maximum Gasteiger partial charge on any atom is 0.411 e. The number of ether oxygens (including phenoxy) is 3. The number of carboxylic acid groups (broad SMARTS) is 1. The van der Waals surface area contributed by atoms with E-state index in [1.165, 1.54) is 14.0 Å². The molecule has 3 N–H and O–H groups in total. The average molecular weight is 893 g/mol. The molecule has 5 aliphatic rings. The van der Waals surface area contributed by atoms with Crippen LogP contribution in [0.4, 0.5) is 23.8 Å². The Kier molecular flexibility index (Phi) is 12.4. The maximum atomic E-state index is 15.2. The molecule has 0 radical (unpaired) electrons. The molecular formula is C42H55F3N6O10S. The van der Waals surface area contributed by atoms with Crippen molar-refractivity contribution in [1.82, 2.24) is 24.8 Å². The number of nitrogens with one attached hydrogen (secondary N) is 2. The first-order valence-corrected chi connectivity index (χ1v) is 22.6. The number of amides is 4. The highest BCUT2D eigenvalue weighted by Gasteiger charge is 2.63. The van der Waals surface area contributed by atoms with Crippen LogP contribution in [0.2, 0.25) is 0 Å². The standard InChI is InChI=1S/C42H55F3N6O10S/c1-24-8-6-7-9-27-22-41(27,38(54)48-62(57,58)30-11-12-30)47-35(52)32-21-29(23-50(32)37(53)34(25(2)18-24)51(39(55)56)40(3,4)42(43,44)45)61-36-31-13-10-28(59-5)19-26(31)20-33(46-36)49-14-16-60-17-15-49/h7,9-10,13,19-20,24-25,27,29-30,32,34H,6,8,11-12,14-18,21-23H2,1-5H3,(H,47,52)(H,48,54)(H,55,56)/b9-7-/t24-,25-,27-,29-,32+,34+,41-/m1/s1. The van der Waals surface area contributed by atoms with Crippen LogP contribution in [0.15, 0.2) is 36.4 Å². The first kappa shape index (κ1) is 45.2. The highest BCUT2D eigenvalue weighted by molar-refractivity contribution is 7.91. The number of halogens is 3. The van der Waals surface area contributed by atoms with Gasteiger partial charge in [-0.25, -0.2) is 13.2 Å². The van der Waals surface area contributed by atoms with Crippen molar-refractivity contribution in [3.8, 4) is 11.6 Å². The lowest BCUT2D eigenvalue weighted by atomic mass is 9.85. The fourth-order valence-corrected chi connectivity index (χ4v) is 10.4. The van der Waals surface area contributed by atoms with E-state index < -0.39 is 86.4 Å². The van der Waals surface area contributed by atoms with Gasteiger partial charge in [-0.05, 0) is 93.9 Å². The maximum absolute atomic E-state index is 15.2. The molecule has 16 nitrogen and oxygen atoms in total. The van der Waals surface area contributed by atoms with E-state index in [9.17, 15) is 41.1 Å². The molecule has 0 spiro atoms. The van der Waals surface area contributed by atoms with Crippen LogP contribution in [0.25, 0.3) is 10.8 Å². The van der Waals surface area contributed by atoms with Crippen molar-refractivity contribution >= 4 is 50.4 Å². The summed E-state index contributed by atoms with van der Waals surface area (Å²) < 4.78 is 90.1. The van der Waals surface area contributed by atoms with E-state index in [0.29, 0.717) is 88.2 Å². The zero-order chi connectivity index (χ0) is 44.9. The van der Waals surface area contributed by atoms with E-state index in [4.69, 9.17) is 19.2 Å². The number of allylic oxidation sites excluding steroid dienone is 1. The molecule has 2 aliphatic carbocycles. The molecule has 2 aromatic rings. The third kappa shape index (κ3) is 8.99. The number of carbonyl (C=O) groups excluding carboxylic acids is 3. The van der Waals surface area contributed by atoms with Crippen LogP contribution < -0.4 is 24.4 Å². The Labute approximate surface area is 358 Å². The van der Waals surface area contributed by atoms with Gasteiger partial charge in [-0.15, -0.1) is 0 Å². The van der Waals surface area contributed by atoms with Crippen LogP contribution in [-0.2, 0) is 29.1 Å². The number of hydrogen-bond acceptors (Lipinski definition) is 11. The van der Waals surface area contributed by atoms with Crippen molar-refractivity contribution in [2.45, 2.75) is 113 Å². The lowest BCUT2D eigenvalue weighted by molar-refractivity contribution is -0.222. The van der Waals surface area contributed by atoms with E-state index in [0.717, 1.165) is 4.90 Å². The first-order chi connectivity index (χ1) is 29.2. The molecule has 4 heterocycles. The number of aromatic nitrogens is 1. The quantitative estimate of drug-likeness (QED) is 0.296. The first-order valence-electron chi connectivity index (χ1n) is 21.1. The summed E-state index contributed by atoms with van der Waals surface area (Å²) in [6, 6.07) is 3.73. The Hall–Kier alpha value is -4.85. The zero-order valence-electron chi connectivity index (χ0n) is 35.4. The van der Waals surface area contributed by atoms with Crippen molar-refractivity contribution in [2.24, 2.45) is 17.8 Å². The Bertz CT molecular complexity index is 2220. The highest BCUT2D eigenvalue weighted by Crippen LogP contribution is 2.47. The molecule has 2 saturated heterocycles. The molecule has 340 valence electrons. The number of sulfonamides is 1. The Morgan fingerprint density at radius 2 is 1.79 bits per heavy atom. The summed E-state index contributed by atoms with van der Waals surface area (Å²) in [5.74, 6) is -3.36. The number of benzene rings is 1. The minimum Gasteiger partial charge on any atom is -0.497 e. The lowest BCUT2D eigenvalue weighted by Crippen LogP contribution is -2.66. The van der Waals surface area contributed by atoms with Gasteiger partial charge >= 0.3 is 12.3 Å². The smallest absolute Gasteiger partial charge is 0.411 e.